The Bertz CT molecular complexity index is 864. The van der Waals surface area contributed by atoms with Crippen LogP contribution in [0.1, 0.15) is 53.2 Å². The Labute approximate surface area is 167 Å². The van der Waals surface area contributed by atoms with Crippen molar-refractivity contribution in [1.29, 1.82) is 0 Å². The van der Waals surface area contributed by atoms with E-state index in [1.807, 2.05) is 45.9 Å². The third-order valence-corrected chi connectivity index (χ3v) is 7.65. The molecule has 1 unspecified atom stereocenters. The first-order valence-corrected chi connectivity index (χ1v) is 11.6. The van der Waals surface area contributed by atoms with E-state index in [1.54, 1.807) is 24.3 Å². The van der Waals surface area contributed by atoms with Gasteiger partial charge in [-0.15, -0.1) is 0 Å². The summed E-state index contributed by atoms with van der Waals surface area (Å²) in [6.45, 7) is 8.07. The van der Waals surface area contributed by atoms with Crippen LogP contribution >= 0.6 is 7.14 Å². The lowest BCUT2D eigenvalue weighted by Crippen LogP contribution is -2.20. The van der Waals surface area contributed by atoms with Crippen LogP contribution < -0.4 is 5.30 Å². The fourth-order valence-corrected chi connectivity index (χ4v) is 5.93. The Morgan fingerprint density at radius 2 is 1.61 bits per heavy atom. The minimum atomic E-state index is -3.49. The van der Waals surface area contributed by atoms with Gasteiger partial charge < -0.3 is 9.30 Å². The Morgan fingerprint density at radius 3 is 2.18 bits per heavy atom. The third kappa shape index (κ3) is 5.20. The van der Waals surface area contributed by atoms with Crippen molar-refractivity contribution in [2.75, 3.05) is 12.8 Å². The summed E-state index contributed by atoms with van der Waals surface area (Å²) in [5.41, 5.74) is 2.79. The van der Waals surface area contributed by atoms with Gasteiger partial charge in [-0.2, -0.15) is 0 Å². The maximum Gasteiger partial charge on any atom is 0.306 e. The zero-order valence-corrected chi connectivity index (χ0v) is 18.1. The normalized spacial score (nSPS) is 13.0. The predicted molar refractivity (Wildman–Crippen MR) is 114 cm³/mol. The third-order valence-electron chi connectivity index (χ3n) is 4.78. The lowest BCUT2D eigenvalue weighted by atomic mass is 10.0. The van der Waals surface area contributed by atoms with Crippen molar-refractivity contribution in [2.45, 2.75) is 47.0 Å². The zero-order chi connectivity index (χ0) is 20.7. The van der Waals surface area contributed by atoms with Crippen molar-refractivity contribution in [1.82, 2.24) is 0 Å². The molecule has 150 valence electrons. The number of ether oxygens (including phenoxy) is 1. The van der Waals surface area contributed by atoms with Gasteiger partial charge in [-0.1, -0.05) is 61.4 Å². The highest BCUT2D eigenvalue weighted by Gasteiger charge is 2.36. The number of benzene rings is 2. The van der Waals surface area contributed by atoms with Gasteiger partial charge in [0.05, 0.1) is 13.0 Å². The predicted octanol–water partition coefficient (Wildman–Crippen LogP) is 5.17. The molecular weight excluding hydrogens is 371 g/mol. The molecule has 2 aromatic rings. The van der Waals surface area contributed by atoms with Crippen LogP contribution in [0.5, 0.6) is 0 Å². The van der Waals surface area contributed by atoms with Crippen molar-refractivity contribution < 1.29 is 18.9 Å². The summed E-state index contributed by atoms with van der Waals surface area (Å²) in [6, 6.07) is 12.6. The molecule has 0 heterocycles. The van der Waals surface area contributed by atoms with Gasteiger partial charge in [0, 0.05) is 17.0 Å². The highest BCUT2D eigenvalue weighted by Crippen LogP contribution is 2.49. The van der Waals surface area contributed by atoms with E-state index in [0.29, 0.717) is 17.5 Å². The highest BCUT2D eigenvalue weighted by atomic mass is 31.2. The summed E-state index contributed by atoms with van der Waals surface area (Å²) < 4.78 is 19.2. The maximum atomic E-state index is 14.0. The molecule has 0 aliphatic heterocycles. The van der Waals surface area contributed by atoms with Gasteiger partial charge in [0.2, 0.25) is 5.52 Å². The number of esters is 1. The zero-order valence-electron chi connectivity index (χ0n) is 17.2. The first-order valence-electron chi connectivity index (χ1n) is 9.72. The van der Waals surface area contributed by atoms with E-state index in [4.69, 9.17) is 4.74 Å². The molecule has 0 aliphatic rings. The van der Waals surface area contributed by atoms with Crippen LogP contribution in [0.4, 0.5) is 0 Å². The Morgan fingerprint density at radius 1 is 1.00 bits per heavy atom. The van der Waals surface area contributed by atoms with Crippen molar-refractivity contribution >= 4 is 23.9 Å². The van der Waals surface area contributed by atoms with E-state index < -0.39 is 13.1 Å². The van der Waals surface area contributed by atoms with Crippen molar-refractivity contribution in [2.24, 2.45) is 0 Å². The number of carbonyl (C=O) groups excluding carboxylic acids is 2. The SMILES string of the molecule is CCCCOC(=O)CCP(=O)(C(=O)c1c(C)cc(C)cc1C)c1ccccc1. The summed E-state index contributed by atoms with van der Waals surface area (Å²) in [5.74, 6) is -0.408. The average Bonchev–Trinajstić information content (AvgIpc) is 2.66. The monoisotopic (exact) mass is 400 g/mol. The van der Waals surface area contributed by atoms with Crippen LogP contribution in [-0.4, -0.2) is 24.3 Å². The number of carbonyl (C=O) groups is 2. The molecule has 0 N–H and O–H groups in total. The smallest absolute Gasteiger partial charge is 0.306 e. The molecule has 2 rings (SSSR count). The van der Waals surface area contributed by atoms with Gasteiger partial charge in [-0.05, 0) is 38.3 Å². The molecule has 4 nitrogen and oxygen atoms in total. The summed E-state index contributed by atoms with van der Waals surface area (Å²) in [4.78, 5) is 25.6. The van der Waals surface area contributed by atoms with E-state index in [-0.39, 0.29) is 18.1 Å². The van der Waals surface area contributed by atoms with E-state index in [9.17, 15) is 14.2 Å². The largest absolute Gasteiger partial charge is 0.466 e. The molecule has 2 aromatic carbocycles. The van der Waals surface area contributed by atoms with Gasteiger partial charge in [0.25, 0.3) is 0 Å². The molecule has 0 saturated carbocycles. The molecule has 0 aromatic heterocycles. The van der Waals surface area contributed by atoms with Crippen molar-refractivity contribution in [3.05, 3.63) is 64.7 Å². The second-order valence-electron chi connectivity index (χ2n) is 7.20. The van der Waals surface area contributed by atoms with E-state index >= 15 is 0 Å². The quantitative estimate of drug-likeness (QED) is 0.331. The van der Waals surface area contributed by atoms with Crippen LogP contribution in [0.15, 0.2) is 42.5 Å². The van der Waals surface area contributed by atoms with Gasteiger partial charge in [-0.25, -0.2) is 0 Å². The fraction of sp³-hybridized carbons (Fsp3) is 0.391. The maximum absolute atomic E-state index is 14.0. The molecule has 0 bridgehead atoms. The summed E-state index contributed by atoms with van der Waals surface area (Å²) >= 11 is 0. The number of aryl methyl sites for hydroxylation is 3. The fourth-order valence-electron chi connectivity index (χ4n) is 3.37. The van der Waals surface area contributed by atoms with Crippen LogP contribution in [0.25, 0.3) is 0 Å². The van der Waals surface area contributed by atoms with Gasteiger partial charge in [-0.3, -0.25) is 9.59 Å². The molecule has 1 atom stereocenters. The standard InChI is InChI=1S/C23H29O4P/c1-5-6-13-27-21(24)12-14-28(26,20-10-8-7-9-11-20)23(25)22-18(3)15-17(2)16-19(22)4/h7-11,15-16H,5-6,12-14H2,1-4H3. The average molecular weight is 400 g/mol. The minimum Gasteiger partial charge on any atom is -0.466 e. The number of unbranched alkanes of at least 4 members (excludes halogenated alkanes) is 1. The van der Waals surface area contributed by atoms with Crippen molar-refractivity contribution in [3.63, 3.8) is 0 Å². The molecule has 0 spiro atoms. The summed E-state index contributed by atoms with van der Waals surface area (Å²) in [7, 11) is -3.49. The summed E-state index contributed by atoms with van der Waals surface area (Å²) in [6.07, 6.45) is 1.67. The Balaban J connectivity index is 2.36. The Hall–Kier alpha value is -2.19. The van der Waals surface area contributed by atoms with Gasteiger partial charge in [0.1, 0.15) is 0 Å². The first kappa shape index (κ1) is 22.1. The number of hydrogen-bond acceptors (Lipinski definition) is 4. The molecule has 5 heteroatoms. The van der Waals surface area contributed by atoms with Crippen LogP contribution in [0.3, 0.4) is 0 Å². The highest BCUT2D eigenvalue weighted by molar-refractivity contribution is 7.87. The number of hydrogen-bond donors (Lipinski definition) is 0. The van der Waals surface area contributed by atoms with Crippen molar-refractivity contribution in [3.8, 4) is 0 Å². The lowest BCUT2D eigenvalue weighted by Gasteiger charge is -2.20. The van der Waals surface area contributed by atoms with Crippen LogP contribution in [0.2, 0.25) is 0 Å². The molecule has 0 radical (unpaired) electrons. The van der Waals surface area contributed by atoms with E-state index in [2.05, 4.69) is 0 Å². The summed E-state index contributed by atoms with van der Waals surface area (Å²) in [5, 5.41) is 0.487. The van der Waals surface area contributed by atoms with Gasteiger partial charge >= 0.3 is 5.97 Å². The molecule has 0 aliphatic carbocycles. The molecule has 0 saturated heterocycles. The topological polar surface area (TPSA) is 60.4 Å². The lowest BCUT2D eigenvalue weighted by molar-refractivity contribution is -0.143. The molecular formula is C23H29O4P. The second kappa shape index (κ2) is 9.84. The van der Waals surface area contributed by atoms with E-state index in [0.717, 1.165) is 29.5 Å². The molecule has 28 heavy (non-hydrogen) atoms. The molecule has 0 amide bonds. The molecule has 0 fully saturated rings. The first-order chi connectivity index (χ1) is 13.3. The second-order valence-corrected chi connectivity index (χ2v) is 10.1. The Kier molecular flexibility index (Phi) is 7.77. The van der Waals surface area contributed by atoms with Crippen LogP contribution in [-0.2, 0) is 14.1 Å². The van der Waals surface area contributed by atoms with Gasteiger partial charge in [0.15, 0.2) is 7.14 Å². The minimum absolute atomic E-state index is 0.0203. The number of rotatable bonds is 9. The van der Waals surface area contributed by atoms with Crippen LogP contribution in [0, 0.1) is 20.8 Å². The van der Waals surface area contributed by atoms with E-state index in [1.165, 1.54) is 0 Å².